The summed E-state index contributed by atoms with van der Waals surface area (Å²) in [6, 6.07) is 12.2. The molecule has 0 atom stereocenters. The van der Waals surface area contributed by atoms with E-state index in [9.17, 15) is 9.59 Å². The number of amides is 1. The van der Waals surface area contributed by atoms with Crippen molar-refractivity contribution >= 4 is 63.4 Å². The number of aromatic nitrogens is 4. The number of ether oxygens (including phenoxy) is 1. The lowest BCUT2D eigenvalue weighted by molar-refractivity contribution is -0.107. The fourth-order valence-electron chi connectivity index (χ4n) is 7.74. The first-order chi connectivity index (χ1) is 24.3. The molecule has 0 aliphatic rings. The monoisotopic (exact) mass is 725 g/mol. The third-order valence-corrected chi connectivity index (χ3v) is 11.3. The van der Waals surface area contributed by atoms with Gasteiger partial charge in [-0.1, -0.05) is 29.3 Å². The molecule has 0 fully saturated rings. The van der Waals surface area contributed by atoms with Gasteiger partial charge >= 0.3 is 0 Å². The van der Waals surface area contributed by atoms with Gasteiger partial charge in [0.15, 0.2) is 6.29 Å². The molecule has 51 heavy (non-hydrogen) atoms. The highest BCUT2D eigenvalue weighted by atomic mass is 35.5. The highest BCUT2D eigenvalue weighted by molar-refractivity contribution is 6.35. The summed E-state index contributed by atoms with van der Waals surface area (Å²) in [5.41, 5.74) is 13.4. The van der Waals surface area contributed by atoms with E-state index in [-0.39, 0.29) is 0 Å². The Morgan fingerprint density at radius 3 is 2.20 bits per heavy atom. The standard InChI is InChI=1S/C41H45Cl2N5O3/c1-23-17-33-26(4)36(21-49)45(8)40(33)35(18-23)47(22-50)14-15-48-28(6)31(11-10-16-51-30-19-24(2)39(43)25(3)20-30)32-12-13-34(42)38(41(32)48)37-27(5)44-46(9)29(37)7/h12-13,17-22H,10-11,14-16H2,1-9H3. The van der Waals surface area contributed by atoms with E-state index in [1.54, 1.807) is 4.90 Å². The SMILES string of the molecule is Cc1cc(N(C=O)CCn2c(C)c(CCCOc3cc(C)c(Cl)c(C)c3)c3ccc(Cl)c(-c4c(C)nn(C)c4C)c32)c2c(c1)c(C)c(C=O)n2C. The van der Waals surface area contributed by atoms with Gasteiger partial charge in [0.05, 0.1) is 39.7 Å². The van der Waals surface area contributed by atoms with Crippen LogP contribution in [-0.2, 0) is 31.9 Å². The molecule has 0 unspecified atom stereocenters. The Balaban J connectivity index is 1.42. The Labute approximate surface area is 309 Å². The van der Waals surface area contributed by atoms with Crippen molar-refractivity contribution in [1.82, 2.24) is 18.9 Å². The summed E-state index contributed by atoms with van der Waals surface area (Å²) >= 11 is 13.5. The minimum Gasteiger partial charge on any atom is -0.494 e. The first kappa shape index (κ1) is 36.3. The normalized spacial score (nSPS) is 11.6. The summed E-state index contributed by atoms with van der Waals surface area (Å²) in [4.78, 5) is 26.7. The molecule has 6 rings (SSSR count). The molecular weight excluding hydrogens is 681 g/mol. The second kappa shape index (κ2) is 14.2. The third-order valence-electron chi connectivity index (χ3n) is 10.4. The molecule has 0 radical (unpaired) electrons. The van der Waals surface area contributed by atoms with E-state index >= 15 is 0 Å². The van der Waals surface area contributed by atoms with Gasteiger partial charge in [0.1, 0.15) is 5.75 Å². The quantitative estimate of drug-likeness (QED) is 0.0931. The van der Waals surface area contributed by atoms with Crippen molar-refractivity contribution in [3.8, 4) is 16.9 Å². The average molecular weight is 727 g/mol. The van der Waals surface area contributed by atoms with Crippen LogP contribution in [-0.4, -0.2) is 44.8 Å². The molecular formula is C41H45Cl2N5O3. The Kier molecular flexibility index (Phi) is 10.1. The first-order valence-electron chi connectivity index (χ1n) is 17.3. The van der Waals surface area contributed by atoms with Crippen molar-refractivity contribution in [2.45, 2.75) is 67.9 Å². The molecule has 3 aromatic heterocycles. The molecule has 10 heteroatoms. The molecule has 1 amide bonds. The van der Waals surface area contributed by atoms with Crippen molar-refractivity contribution in [2.24, 2.45) is 14.1 Å². The lowest BCUT2D eigenvalue weighted by Crippen LogP contribution is -2.27. The van der Waals surface area contributed by atoms with Gasteiger partial charge in [-0.25, -0.2) is 0 Å². The van der Waals surface area contributed by atoms with E-state index in [0.717, 1.165) is 114 Å². The summed E-state index contributed by atoms with van der Waals surface area (Å²) in [5, 5.41) is 8.24. The molecule has 3 heterocycles. The number of nitrogens with zero attached hydrogens (tertiary/aromatic N) is 5. The van der Waals surface area contributed by atoms with Gasteiger partial charge in [0, 0.05) is 65.5 Å². The van der Waals surface area contributed by atoms with Gasteiger partial charge in [-0.05, 0) is 119 Å². The molecule has 3 aromatic carbocycles. The fourth-order valence-corrected chi connectivity index (χ4v) is 8.10. The topological polar surface area (TPSA) is 74.3 Å². The average Bonchev–Trinajstić information content (AvgIpc) is 3.61. The van der Waals surface area contributed by atoms with Gasteiger partial charge in [0.25, 0.3) is 0 Å². The van der Waals surface area contributed by atoms with Crippen molar-refractivity contribution in [2.75, 3.05) is 18.1 Å². The number of hydrogen-bond donors (Lipinski definition) is 0. The predicted molar refractivity (Wildman–Crippen MR) is 209 cm³/mol. The number of halogens is 2. The molecule has 6 aromatic rings. The minimum atomic E-state index is 0.405. The van der Waals surface area contributed by atoms with Crippen LogP contribution in [0.1, 0.15) is 61.8 Å². The van der Waals surface area contributed by atoms with Gasteiger partial charge in [-0.3, -0.25) is 14.3 Å². The molecule has 8 nitrogen and oxygen atoms in total. The van der Waals surface area contributed by atoms with Gasteiger partial charge < -0.3 is 18.8 Å². The van der Waals surface area contributed by atoms with Crippen molar-refractivity contribution < 1.29 is 14.3 Å². The summed E-state index contributed by atoms with van der Waals surface area (Å²) in [6.45, 7) is 15.7. The van der Waals surface area contributed by atoms with Crippen LogP contribution in [0.15, 0.2) is 36.4 Å². The predicted octanol–water partition coefficient (Wildman–Crippen LogP) is 9.49. The van der Waals surface area contributed by atoms with E-state index in [2.05, 4.69) is 30.5 Å². The number of fused-ring (bicyclic) bond motifs is 2. The maximum atomic E-state index is 12.9. The Hall–Kier alpha value is -4.53. The van der Waals surface area contributed by atoms with E-state index < -0.39 is 0 Å². The van der Waals surface area contributed by atoms with Gasteiger partial charge in [-0.15, -0.1) is 0 Å². The zero-order valence-electron chi connectivity index (χ0n) is 30.9. The number of hydrogen-bond acceptors (Lipinski definition) is 4. The fraction of sp³-hybridized carbons (Fsp3) is 0.341. The van der Waals surface area contributed by atoms with Crippen LogP contribution >= 0.6 is 23.2 Å². The largest absolute Gasteiger partial charge is 0.494 e. The molecule has 0 aliphatic carbocycles. The second-order valence-corrected chi connectivity index (χ2v) is 14.5. The lowest BCUT2D eigenvalue weighted by atomic mass is 9.98. The van der Waals surface area contributed by atoms with Gasteiger partial charge in [0.2, 0.25) is 6.41 Å². The summed E-state index contributed by atoms with van der Waals surface area (Å²) < 4.78 is 12.3. The summed E-state index contributed by atoms with van der Waals surface area (Å²) in [7, 11) is 3.83. The molecule has 0 bridgehead atoms. The number of carbonyl (C=O) groups excluding carboxylic acids is 2. The van der Waals surface area contributed by atoms with Crippen LogP contribution in [0.2, 0.25) is 10.0 Å². The molecule has 0 aliphatic heterocycles. The number of carbonyl (C=O) groups is 2. The van der Waals surface area contributed by atoms with E-state index in [1.165, 1.54) is 5.56 Å². The highest BCUT2D eigenvalue weighted by Gasteiger charge is 2.25. The third kappa shape index (κ3) is 6.33. The summed E-state index contributed by atoms with van der Waals surface area (Å²) in [6.07, 6.45) is 3.36. The van der Waals surface area contributed by atoms with Crippen molar-refractivity contribution in [1.29, 1.82) is 0 Å². The molecule has 0 saturated carbocycles. The number of aldehydes is 1. The summed E-state index contributed by atoms with van der Waals surface area (Å²) in [5.74, 6) is 0.818. The molecule has 0 N–H and O–H groups in total. The maximum absolute atomic E-state index is 12.9. The van der Waals surface area contributed by atoms with Crippen molar-refractivity contribution in [3.05, 3.63) is 97.0 Å². The van der Waals surface area contributed by atoms with E-state index in [4.69, 9.17) is 33.0 Å². The molecule has 266 valence electrons. The van der Waals surface area contributed by atoms with Crippen LogP contribution in [0.4, 0.5) is 5.69 Å². The maximum Gasteiger partial charge on any atom is 0.214 e. The first-order valence-corrected chi connectivity index (χ1v) is 18.0. The minimum absolute atomic E-state index is 0.405. The van der Waals surface area contributed by atoms with Crippen LogP contribution in [0, 0.1) is 48.5 Å². The van der Waals surface area contributed by atoms with Gasteiger partial charge in [-0.2, -0.15) is 5.10 Å². The van der Waals surface area contributed by atoms with Crippen LogP contribution < -0.4 is 9.64 Å². The van der Waals surface area contributed by atoms with Crippen molar-refractivity contribution in [3.63, 3.8) is 0 Å². The Morgan fingerprint density at radius 2 is 1.57 bits per heavy atom. The zero-order chi connectivity index (χ0) is 36.9. The van der Waals surface area contributed by atoms with Crippen LogP contribution in [0.3, 0.4) is 0 Å². The molecule has 0 spiro atoms. The van der Waals surface area contributed by atoms with E-state index in [1.807, 2.05) is 82.2 Å². The smallest absolute Gasteiger partial charge is 0.214 e. The Morgan fingerprint density at radius 1 is 0.863 bits per heavy atom. The number of rotatable bonds is 12. The molecule has 0 saturated heterocycles. The van der Waals surface area contributed by atoms with E-state index in [0.29, 0.717) is 30.4 Å². The number of benzene rings is 3. The Bertz CT molecular complexity index is 2320. The number of aryl methyl sites for hydroxylation is 8. The zero-order valence-corrected chi connectivity index (χ0v) is 32.4. The van der Waals surface area contributed by atoms with Crippen LogP contribution in [0.5, 0.6) is 5.75 Å². The number of anilines is 1. The second-order valence-electron chi connectivity index (χ2n) is 13.7. The van der Waals surface area contributed by atoms with Crippen LogP contribution in [0.25, 0.3) is 32.9 Å². The lowest BCUT2D eigenvalue weighted by Gasteiger charge is -2.22. The highest BCUT2D eigenvalue weighted by Crippen LogP contribution is 2.42.